The first-order valence-electron chi connectivity index (χ1n) is 6.50. The van der Waals surface area contributed by atoms with Crippen LogP contribution in [0.4, 0.5) is 19.0 Å². The minimum absolute atomic E-state index is 0.0324. The maximum atomic E-state index is 12.0. The number of amides is 1. The largest absolute Gasteiger partial charge is 0.391 e. The molecule has 0 atom stereocenters. The Morgan fingerprint density at radius 2 is 1.95 bits per heavy atom. The number of ether oxygens (including phenoxy) is 1. The van der Waals surface area contributed by atoms with Crippen LogP contribution in [0.3, 0.4) is 0 Å². The molecule has 1 N–H and O–H groups in total. The van der Waals surface area contributed by atoms with Crippen molar-refractivity contribution in [2.24, 2.45) is 5.41 Å². The van der Waals surface area contributed by atoms with Crippen LogP contribution in [0.1, 0.15) is 32.9 Å². The number of carbonyl (C=O) groups excluding carboxylic acids is 1. The van der Waals surface area contributed by atoms with Gasteiger partial charge in [-0.25, -0.2) is 4.98 Å². The van der Waals surface area contributed by atoms with Crippen molar-refractivity contribution in [1.82, 2.24) is 4.98 Å². The number of aromatic nitrogens is 1. The summed E-state index contributed by atoms with van der Waals surface area (Å²) in [6.45, 7) is 4.87. The van der Waals surface area contributed by atoms with E-state index < -0.39 is 24.6 Å². The second-order valence-corrected chi connectivity index (χ2v) is 5.64. The summed E-state index contributed by atoms with van der Waals surface area (Å²) in [6.07, 6.45) is -5.22. The maximum absolute atomic E-state index is 12.0. The van der Waals surface area contributed by atoms with Gasteiger partial charge in [0.25, 0.3) is 0 Å². The first-order chi connectivity index (χ1) is 9.58. The molecule has 0 saturated carbocycles. The molecule has 1 heterocycles. The predicted octanol–water partition coefficient (Wildman–Crippen LogP) is 3.54. The Balaban J connectivity index is 2.51. The van der Waals surface area contributed by atoms with Gasteiger partial charge in [0.2, 0.25) is 5.91 Å². The predicted molar refractivity (Wildman–Crippen MR) is 72.6 cm³/mol. The van der Waals surface area contributed by atoms with E-state index in [0.29, 0.717) is 11.5 Å². The summed E-state index contributed by atoms with van der Waals surface area (Å²) in [6, 6.07) is 4.90. The van der Waals surface area contributed by atoms with Crippen molar-refractivity contribution in [3.63, 3.8) is 0 Å². The molecule has 0 aliphatic carbocycles. The first kappa shape index (κ1) is 17.4. The lowest BCUT2D eigenvalue weighted by Crippen LogP contribution is -2.28. The van der Waals surface area contributed by atoms with Crippen molar-refractivity contribution in [3.05, 3.63) is 23.9 Å². The van der Waals surface area contributed by atoms with Gasteiger partial charge in [0.15, 0.2) is 0 Å². The highest BCUT2D eigenvalue weighted by atomic mass is 19.4. The average molecular weight is 304 g/mol. The fourth-order valence-electron chi connectivity index (χ4n) is 1.30. The van der Waals surface area contributed by atoms with E-state index in [9.17, 15) is 18.0 Å². The number of rotatable bonds is 5. The zero-order valence-electron chi connectivity index (χ0n) is 12.3. The SMILES string of the molecule is CC(C)(C)C(=O)Nc1cccc(COCCC(F)(F)F)n1. The number of anilines is 1. The molecule has 0 spiro atoms. The fourth-order valence-corrected chi connectivity index (χ4v) is 1.30. The molecule has 7 heteroatoms. The average Bonchev–Trinajstić information content (AvgIpc) is 2.33. The second kappa shape index (κ2) is 6.89. The number of hydrogen-bond acceptors (Lipinski definition) is 3. The van der Waals surface area contributed by atoms with Crippen LogP contribution in [0, 0.1) is 5.41 Å². The van der Waals surface area contributed by atoms with Gasteiger partial charge >= 0.3 is 6.18 Å². The Labute approximate surface area is 121 Å². The molecular formula is C14H19F3N2O2. The fraction of sp³-hybridized carbons (Fsp3) is 0.571. The smallest absolute Gasteiger partial charge is 0.375 e. The minimum atomic E-state index is -4.23. The summed E-state index contributed by atoms with van der Waals surface area (Å²) >= 11 is 0. The molecule has 0 unspecified atom stereocenters. The molecule has 1 aromatic rings. The van der Waals surface area contributed by atoms with E-state index in [1.54, 1.807) is 39.0 Å². The zero-order valence-corrected chi connectivity index (χ0v) is 12.3. The first-order valence-corrected chi connectivity index (χ1v) is 6.50. The van der Waals surface area contributed by atoms with Gasteiger partial charge in [-0.3, -0.25) is 4.79 Å². The van der Waals surface area contributed by atoms with Gasteiger partial charge in [0.1, 0.15) is 5.82 Å². The molecule has 0 fully saturated rings. The van der Waals surface area contributed by atoms with E-state index in [2.05, 4.69) is 10.3 Å². The molecule has 0 radical (unpaired) electrons. The molecule has 1 rings (SSSR count). The molecule has 0 aliphatic rings. The molecule has 118 valence electrons. The molecule has 0 bridgehead atoms. The highest BCUT2D eigenvalue weighted by Crippen LogP contribution is 2.19. The van der Waals surface area contributed by atoms with Crippen LogP contribution in [0.2, 0.25) is 0 Å². The topological polar surface area (TPSA) is 51.2 Å². The van der Waals surface area contributed by atoms with Gasteiger partial charge in [-0.1, -0.05) is 26.8 Å². The van der Waals surface area contributed by atoms with E-state index in [4.69, 9.17) is 4.74 Å². The molecule has 0 saturated heterocycles. The molecule has 0 aliphatic heterocycles. The van der Waals surface area contributed by atoms with Crippen LogP contribution in [-0.2, 0) is 16.1 Å². The van der Waals surface area contributed by atoms with Crippen LogP contribution in [0.25, 0.3) is 0 Å². The lowest BCUT2D eigenvalue weighted by molar-refractivity contribution is -0.146. The van der Waals surface area contributed by atoms with Crippen LogP contribution >= 0.6 is 0 Å². The van der Waals surface area contributed by atoms with Gasteiger partial charge in [0.05, 0.1) is 25.3 Å². The van der Waals surface area contributed by atoms with E-state index in [1.807, 2.05) is 0 Å². The third-order valence-corrected chi connectivity index (χ3v) is 2.51. The van der Waals surface area contributed by atoms with Crippen LogP contribution in [-0.4, -0.2) is 23.7 Å². The van der Waals surface area contributed by atoms with Crippen molar-refractivity contribution in [1.29, 1.82) is 0 Å². The third-order valence-electron chi connectivity index (χ3n) is 2.51. The van der Waals surface area contributed by atoms with Crippen molar-refractivity contribution in [2.45, 2.75) is 40.0 Å². The van der Waals surface area contributed by atoms with Crippen molar-refractivity contribution in [2.75, 3.05) is 11.9 Å². The summed E-state index contributed by atoms with van der Waals surface area (Å²) in [5, 5.41) is 2.65. The Morgan fingerprint density at radius 1 is 1.29 bits per heavy atom. The zero-order chi connectivity index (χ0) is 16.1. The van der Waals surface area contributed by atoms with E-state index >= 15 is 0 Å². The van der Waals surface area contributed by atoms with E-state index in [0.717, 1.165) is 0 Å². The number of nitrogens with zero attached hydrogens (tertiary/aromatic N) is 1. The highest BCUT2D eigenvalue weighted by Gasteiger charge is 2.26. The summed E-state index contributed by atoms with van der Waals surface area (Å²) in [4.78, 5) is 15.9. The standard InChI is InChI=1S/C14H19F3N2O2/c1-13(2,3)12(20)19-11-6-4-5-10(18-11)9-21-8-7-14(15,16)17/h4-6H,7-9H2,1-3H3,(H,18,19,20). The summed E-state index contributed by atoms with van der Waals surface area (Å²) in [5.74, 6) is 0.164. The Bertz CT molecular complexity index is 482. The van der Waals surface area contributed by atoms with Gasteiger partial charge in [-0.05, 0) is 12.1 Å². The molecular weight excluding hydrogens is 285 g/mol. The Morgan fingerprint density at radius 3 is 2.52 bits per heavy atom. The van der Waals surface area contributed by atoms with Gasteiger partial charge in [0, 0.05) is 5.41 Å². The number of hydrogen-bond donors (Lipinski definition) is 1. The van der Waals surface area contributed by atoms with Crippen molar-refractivity contribution in [3.8, 4) is 0 Å². The summed E-state index contributed by atoms with van der Waals surface area (Å²) in [7, 11) is 0. The number of alkyl halides is 3. The summed E-state index contributed by atoms with van der Waals surface area (Å²) < 4.78 is 40.8. The number of carbonyl (C=O) groups is 1. The van der Waals surface area contributed by atoms with Crippen LogP contribution < -0.4 is 5.32 Å². The van der Waals surface area contributed by atoms with E-state index in [-0.39, 0.29) is 12.5 Å². The third kappa shape index (κ3) is 7.08. The van der Waals surface area contributed by atoms with Crippen molar-refractivity contribution >= 4 is 11.7 Å². The summed E-state index contributed by atoms with van der Waals surface area (Å²) in [5.41, 5.74) is -0.0927. The van der Waals surface area contributed by atoms with Gasteiger partial charge < -0.3 is 10.1 Å². The Kier molecular flexibility index (Phi) is 5.71. The van der Waals surface area contributed by atoms with Crippen LogP contribution in [0.5, 0.6) is 0 Å². The Hall–Kier alpha value is -1.63. The highest BCUT2D eigenvalue weighted by molar-refractivity contribution is 5.93. The minimum Gasteiger partial charge on any atom is -0.375 e. The lowest BCUT2D eigenvalue weighted by Gasteiger charge is -2.17. The molecule has 0 aromatic carbocycles. The second-order valence-electron chi connectivity index (χ2n) is 5.64. The monoisotopic (exact) mass is 304 g/mol. The van der Waals surface area contributed by atoms with Crippen LogP contribution in [0.15, 0.2) is 18.2 Å². The van der Waals surface area contributed by atoms with Gasteiger partial charge in [-0.2, -0.15) is 13.2 Å². The number of nitrogens with one attached hydrogen (secondary N) is 1. The lowest BCUT2D eigenvalue weighted by atomic mass is 9.96. The normalized spacial score (nSPS) is 12.3. The molecule has 1 aromatic heterocycles. The van der Waals surface area contributed by atoms with Crippen molar-refractivity contribution < 1.29 is 22.7 Å². The quantitative estimate of drug-likeness (QED) is 0.847. The van der Waals surface area contributed by atoms with Gasteiger partial charge in [-0.15, -0.1) is 0 Å². The maximum Gasteiger partial charge on any atom is 0.391 e. The molecule has 1 amide bonds. The van der Waals surface area contributed by atoms with E-state index in [1.165, 1.54) is 0 Å². The molecule has 4 nitrogen and oxygen atoms in total. The molecule has 21 heavy (non-hydrogen) atoms. The number of pyridine rings is 1. The number of halogens is 3.